The first-order valence-electron chi connectivity index (χ1n) is 10.3. The van der Waals surface area contributed by atoms with Gasteiger partial charge >= 0.3 is 0 Å². The molecular formula is C24H31NO4. The molecule has 0 aromatic heterocycles. The summed E-state index contributed by atoms with van der Waals surface area (Å²) in [5.41, 5.74) is 2.63. The van der Waals surface area contributed by atoms with Gasteiger partial charge < -0.3 is 19.5 Å². The number of carbonyl (C=O) groups is 1. The minimum Gasteiger partial charge on any atom is -0.485 e. The normalized spacial score (nSPS) is 14.4. The van der Waals surface area contributed by atoms with Gasteiger partial charge in [-0.25, -0.2) is 0 Å². The molecule has 156 valence electrons. The van der Waals surface area contributed by atoms with Crippen LogP contribution < -0.4 is 14.8 Å². The van der Waals surface area contributed by atoms with Crippen molar-refractivity contribution in [2.45, 2.75) is 58.8 Å². The van der Waals surface area contributed by atoms with Crippen LogP contribution >= 0.6 is 0 Å². The zero-order chi connectivity index (χ0) is 20.9. The summed E-state index contributed by atoms with van der Waals surface area (Å²) >= 11 is 0. The highest BCUT2D eigenvalue weighted by atomic mass is 16.5. The molecular weight excluding hydrogens is 366 g/mol. The fourth-order valence-corrected chi connectivity index (χ4v) is 3.31. The minimum atomic E-state index is -0.197. The van der Waals surface area contributed by atoms with E-state index in [-0.39, 0.29) is 17.6 Å². The standard InChI is InChI=1S/C24H31NO4/c1-17(2)27-14-6-13-25-23(26)19-11-9-18(10-12-19)16-28-21-8-5-7-20-15-24(3,4)29-22(20)21/h5,7-12,17H,6,13-16H2,1-4H3,(H,25,26). The first kappa shape index (κ1) is 21.2. The van der Waals surface area contributed by atoms with Crippen LogP contribution in [0.25, 0.3) is 0 Å². The minimum absolute atomic E-state index is 0.0708. The quantitative estimate of drug-likeness (QED) is 0.632. The van der Waals surface area contributed by atoms with Crippen LogP contribution in [0, 0.1) is 0 Å². The van der Waals surface area contributed by atoms with Crippen molar-refractivity contribution in [2.75, 3.05) is 13.2 Å². The Morgan fingerprint density at radius 1 is 1.17 bits per heavy atom. The summed E-state index contributed by atoms with van der Waals surface area (Å²) in [7, 11) is 0. The molecule has 0 bridgehead atoms. The largest absolute Gasteiger partial charge is 0.485 e. The molecule has 5 nitrogen and oxygen atoms in total. The molecule has 1 heterocycles. The van der Waals surface area contributed by atoms with Crippen molar-refractivity contribution in [3.05, 3.63) is 59.2 Å². The molecule has 0 spiro atoms. The van der Waals surface area contributed by atoms with Crippen LogP contribution in [0.1, 0.15) is 55.6 Å². The molecule has 1 aliphatic rings. The summed E-state index contributed by atoms with van der Waals surface area (Å²) < 4.78 is 17.5. The van der Waals surface area contributed by atoms with Crippen LogP contribution in [-0.2, 0) is 17.8 Å². The molecule has 0 atom stereocenters. The van der Waals surface area contributed by atoms with Gasteiger partial charge in [0, 0.05) is 30.7 Å². The van der Waals surface area contributed by atoms with Gasteiger partial charge in [0.05, 0.1) is 6.10 Å². The van der Waals surface area contributed by atoms with E-state index in [1.807, 2.05) is 50.2 Å². The molecule has 0 unspecified atom stereocenters. The Kier molecular flexibility index (Phi) is 6.80. The third kappa shape index (κ3) is 5.97. The van der Waals surface area contributed by atoms with Gasteiger partial charge in [0.15, 0.2) is 11.5 Å². The van der Waals surface area contributed by atoms with E-state index in [1.54, 1.807) is 0 Å². The molecule has 1 N–H and O–H groups in total. The predicted molar refractivity (Wildman–Crippen MR) is 114 cm³/mol. The van der Waals surface area contributed by atoms with Crippen molar-refractivity contribution < 1.29 is 19.0 Å². The number of hydrogen-bond donors (Lipinski definition) is 1. The highest BCUT2D eigenvalue weighted by molar-refractivity contribution is 5.94. The van der Waals surface area contributed by atoms with Crippen molar-refractivity contribution in [1.29, 1.82) is 0 Å². The zero-order valence-corrected chi connectivity index (χ0v) is 17.8. The predicted octanol–water partition coefficient (Wildman–Crippen LogP) is 4.52. The van der Waals surface area contributed by atoms with Gasteiger partial charge in [0.25, 0.3) is 5.91 Å². The molecule has 5 heteroatoms. The first-order valence-corrected chi connectivity index (χ1v) is 10.3. The van der Waals surface area contributed by atoms with E-state index in [0.717, 1.165) is 29.9 Å². The Morgan fingerprint density at radius 3 is 2.66 bits per heavy atom. The summed E-state index contributed by atoms with van der Waals surface area (Å²) in [6.07, 6.45) is 1.90. The maximum absolute atomic E-state index is 12.2. The van der Waals surface area contributed by atoms with Crippen LogP contribution in [0.4, 0.5) is 0 Å². The van der Waals surface area contributed by atoms with Crippen LogP contribution in [0.15, 0.2) is 42.5 Å². The summed E-state index contributed by atoms with van der Waals surface area (Å²) in [5.74, 6) is 1.53. The average molecular weight is 398 g/mol. The second kappa shape index (κ2) is 9.31. The smallest absolute Gasteiger partial charge is 0.251 e. The molecule has 0 aliphatic carbocycles. The fraction of sp³-hybridized carbons (Fsp3) is 0.458. The van der Waals surface area contributed by atoms with E-state index in [0.29, 0.717) is 25.3 Å². The molecule has 0 fully saturated rings. The molecule has 3 rings (SSSR count). The molecule has 0 saturated heterocycles. The van der Waals surface area contributed by atoms with Gasteiger partial charge in [-0.1, -0.05) is 24.3 Å². The molecule has 2 aromatic rings. The number of nitrogens with one attached hydrogen (secondary N) is 1. The zero-order valence-electron chi connectivity index (χ0n) is 17.8. The number of amides is 1. The second-order valence-corrected chi connectivity index (χ2v) is 8.30. The van der Waals surface area contributed by atoms with Gasteiger partial charge in [-0.2, -0.15) is 0 Å². The third-order valence-corrected chi connectivity index (χ3v) is 4.72. The van der Waals surface area contributed by atoms with E-state index < -0.39 is 0 Å². The van der Waals surface area contributed by atoms with E-state index >= 15 is 0 Å². The lowest BCUT2D eigenvalue weighted by Crippen LogP contribution is -2.25. The maximum Gasteiger partial charge on any atom is 0.251 e. The first-order chi connectivity index (χ1) is 13.8. The van der Waals surface area contributed by atoms with Crippen LogP contribution in [0.5, 0.6) is 11.5 Å². The number of para-hydroxylation sites is 1. The number of fused-ring (bicyclic) bond motifs is 1. The van der Waals surface area contributed by atoms with Crippen molar-refractivity contribution in [2.24, 2.45) is 0 Å². The van der Waals surface area contributed by atoms with Crippen molar-refractivity contribution in [3.63, 3.8) is 0 Å². The summed E-state index contributed by atoms with van der Waals surface area (Å²) in [4.78, 5) is 12.2. The lowest BCUT2D eigenvalue weighted by Gasteiger charge is -2.18. The van der Waals surface area contributed by atoms with E-state index in [4.69, 9.17) is 14.2 Å². The van der Waals surface area contributed by atoms with Crippen molar-refractivity contribution in [1.82, 2.24) is 5.32 Å². The molecule has 0 radical (unpaired) electrons. The topological polar surface area (TPSA) is 56.8 Å². The van der Waals surface area contributed by atoms with E-state index in [9.17, 15) is 4.79 Å². The van der Waals surface area contributed by atoms with Crippen LogP contribution in [0.3, 0.4) is 0 Å². The van der Waals surface area contributed by atoms with Gasteiger partial charge in [-0.3, -0.25) is 4.79 Å². The Labute approximate surface area is 173 Å². The highest BCUT2D eigenvalue weighted by Crippen LogP contribution is 2.41. The number of ether oxygens (including phenoxy) is 3. The highest BCUT2D eigenvalue weighted by Gasteiger charge is 2.32. The Bertz CT molecular complexity index is 827. The van der Waals surface area contributed by atoms with E-state index in [2.05, 4.69) is 25.2 Å². The number of carbonyl (C=O) groups excluding carboxylic acids is 1. The summed E-state index contributed by atoms with van der Waals surface area (Å²) in [5, 5.41) is 2.92. The van der Waals surface area contributed by atoms with Crippen molar-refractivity contribution in [3.8, 4) is 11.5 Å². The number of rotatable bonds is 9. The van der Waals surface area contributed by atoms with Gasteiger partial charge in [0.1, 0.15) is 12.2 Å². The molecule has 0 saturated carbocycles. The number of hydrogen-bond acceptors (Lipinski definition) is 4. The van der Waals surface area contributed by atoms with Gasteiger partial charge in [-0.05, 0) is 57.9 Å². The lowest BCUT2D eigenvalue weighted by molar-refractivity contribution is 0.0757. The number of benzene rings is 2. The maximum atomic E-state index is 12.2. The molecule has 1 amide bonds. The van der Waals surface area contributed by atoms with Crippen LogP contribution in [-0.4, -0.2) is 30.8 Å². The van der Waals surface area contributed by atoms with E-state index in [1.165, 1.54) is 5.56 Å². The molecule has 2 aromatic carbocycles. The Morgan fingerprint density at radius 2 is 1.93 bits per heavy atom. The molecule has 1 aliphatic heterocycles. The fourth-order valence-electron chi connectivity index (χ4n) is 3.31. The third-order valence-electron chi connectivity index (χ3n) is 4.72. The van der Waals surface area contributed by atoms with Gasteiger partial charge in [0.2, 0.25) is 0 Å². The monoisotopic (exact) mass is 397 g/mol. The average Bonchev–Trinajstić information content (AvgIpc) is 3.00. The van der Waals surface area contributed by atoms with Crippen molar-refractivity contribution >= 4 is 5.91 Å². The van der Waals surface area contributed by atoms with Crippen LogP contribution in [0.2, 0.25) is 0 Å². The lowest BCUT2D eigenvalue weighted by atomic mass is 10.0. The SMILES string of the molecule is CC(C)OCCCNC(=O)c1ccc(COc2cccc3c2OC(C)(C)C3)cc1. The summed E-state index contributed by atoms with van der Waals surface area (Å²) in [6, 6.07) is 13.5. The second-order valence-electron chi connectivity index (χ2n) is 8.30. The Balaban J connectivity index is 1.49. The van der Waals surface area contributed by atoms with Gasteiger partial charge in [-0.15, -0.1) is 0 Å². The summed E-state index contributed by atoms with van der Waals surface area (Å²) in [6.45, 7) is 9.85. The Hall–Kier alpha value is -2.53. The molecule has 29 heavy (non-hydrogen) atoms.